The summed E-state index contributed by atoms with van der Waals surface area (Å²) in [6.45, 7) is 1.29. The number of amides is 1. The molecular weight excluding hydrogens is 411 g/mol. The van der Waals surface area contributed by atoms with Crippen molar-refractivity contribution in [2.45, 2.75) is 18.9 Å². The minimum atomic E-state index is -0.502. The molecule has 3 aromatic rings. The van der Waals surface area contributed by atoms with Crippen molar-refractivity contribution in [1.29, 1.82) is 0 Å². The zero-order valence-corrected chi connectivity index (χ0v) is 17.5. The largest absolute Gasteiger partial charge is 0.387 e. The predicted molar refractivity (Wildman–Crippen MR) is 120 cm³/mol. The zero-order chi connectivity index (χ0) is 18.9. The molecule has 1 amide bonds. The summed E-state index contributed by atoms with van der Waals surface area (Å²) >= 11 is 0. The molecule has 0 saturated carbocycles. The van der Waals surface area contributed by atoms with E-state index in [9.17, 15) is 9.90 Å². The number of aliphatic hydroxyl groups is 1. The minimum Gasteiger partial charge on any atom is -0.387 e. The van der Waals surface area contributed by atoms with Gasteiger partial charge in [0.05, 0.1) is 12.5 Å². The Labute approximate surface area is 183 Å². The second-order valence-electron chi connectivity index (χ2n) is 6.34. The number of hydrogen-bond donors (Lipinski definition) is 4. The topological polar surface area (TPSA) is 90.0 Å². The average molecular weight is 437 g/mol. The molecule has 0 spiro atoms. The van der Waals surface area contributed by atoms with Crippen LogP contribution in [0.4, 0.5) is 5.69 Å². The van der Waals surface area contributed by atoms with Crippen molar-refractivity contribution in [3.63, 3.8) is 0 Å². The molecule has 2 aromatic carbocycles. The number of rotatable bonds is 9. The number of nitrogens with one attached hydrogen (secondary N) is 3. The second kappa shape index (κ2) is 13.0. The van der Waals surface area contributed by atoms with Crippen LogP contribution >= 0.6 is 24.8 Å². The number of carbonyl (C=O) groups excluding carboxylic acids is 1. The number of hydrogen-bond acceptors (Lipinski definition) is 4. The molecule has 4 N–H and O–H groups in total. The van der Waals surface area contributed by atoms with E-state index in [1.54, 1.807) is 12.4 Å². The highest BCUT2D eigenvalue weighted by Gasteiger charge is 2.07. The Morgan fingerprint density at radius 3 is 2.45 bits per heavy atom. The molecule has 0 bridgehead atoms. The first-order valence-electron chi connectivity index (χ1n) is 9.01. The van der Waals surface area contributed by atoms with Gasteiger partial charge >= 0.3 is 0 Å². The van der Waals surface area contributed by atoms with Crippen molar-refractivity contribution in [2.75, 3.05) is 18.4 Å². The summed E-state index contributed by atoms with van der Waals surface area (Å²) in [5.74, 6) is 0.544. The first-order chi connectivity index (χ1) is 13.2. The maximum absolute atomic E-state index is 12.0. The van der Waals surface area contributed by atoms with Crippen molar-refractivity contribution >= 4 is 36.4 Å². The normalized spacial score (nSPS) is 11.1. The molecule has 0 radical (unpaired) electrons. The molecule has 1 heterocycles. The molecule has 0 aliphatic rings. The van der Waals surface area contributed by atoms with Crippen LogP contribution in [0.25, 0.3) is 0 Å². The first kappa shape index (κ1) is 24.7. The number of H-pyrrole nitrogens is 1. The second-order valence-corrected chi connectivity index (χ2v) is 6.34. The highest BCUT2D eigenvalue weighted by molar-refractivity contribution is 5.91. The van der Waals surface area contributed by atoms with Crippen LogP contribution in [0.2, 0.25) is 0 Å². The Balaban J connectivity index is 0.00000210. The third-order valence-electron chi connectivity index (χ3n) is 4.23. The van der Waals surface area contributed by atoms with E-state index >= 15 is 0 Å². The van der Waals surface area contributed by atoms with Crippen LogP contribution in [-0.4, -0.2) is 34.1 Å². The van der Waals surface area contributed by atoms with Crippen LogP contribution in [0, 0.1) is 0 Å². The van der Waals surface area contributed by atoms with Gasteiger partial charge in [0.1, 0.15) is 5.82 Å². The van der Waals surface area contributed by atoms with Crippen LogP contribution in [0.15, 0.2) is 67.0 Å². The Bertz CT molecular complexity index is 828. The third kappa shape index (κ3) is 8.25. The quantitative estimate of drug-likeness (QED) is 0.387. The number of carbonyl (C=O) groups is 1. The Kier molecular flexibility index (Phi) is 11.0. The summed E-state index contributed by atoms with van der Waals surface area (Å²) in [6.07, 6.45) is 3.90. The van der Waals surface area contributed by atoms with Gasteiger partial charge in [-0.1, -0.05) is 42.5 Å². The lowest BCUT2D eigenvalue weighted by Gasteiger charge is -2.12. The maximum atomic E-state index is 12.0. The van der Waals surface area contributed by atoms with Gasteiger partial charge in [0, 0.05) is 24.6 Å². The molecule has 1 atom stereocenters. The summed E-state index contributed by atoms with van der Waals surface area (Å²) in [6, 6.07) is 17.4. The van der Waals surface area contributed by atoms with Gasteiger partial charge in [-0.15, -0.1) is 24.8 Å². The van der Waals surface area contributed by atoms with Crippen LogP contribution in [0.5, 0.6) is 0 Å². The highest BCUT2D eigenvalue weighted by atomic mass is 35.5. The number of benzene rings is 2. The zero-order valence-electron chi connectivity index (χ0n) is 15.9. The highest BCUT2D eigenvalue weighted by Crippen LogP contribution is 2.12. The standard InChI is InChI=1S/C21H24N4O2.2ClH/c26-19(17-4-2-1-3-5-17)15-22-11-10-16-6-8-18(9-7-16)25-21(27)14-20-23-12-13-24-20;;/h1-9,12-13,19,22,26H,10-11,14-15H2,(H,23,24)(H,25,27);2*1H/t19-;;/m0../s1. The smallest absolute Gasteiger partial charge is 0.231 e. The molecular formula is C21H26Cl2N4O2. The lowest BCUT2D eigenvalue weighted by Crippen LogP contribution is -2.23. The van der Waals surface area contributed by atoms with Crippen LogP contribution in [0.3, 0.4) is 0 Å². The van der Waals surface area contributed by atoms with E-state index in [1.165, 1.54) is 5.56 Å². The maximum Gasteiger partial charge on any atom is 0.231 e. The van der Waals surface area contributed by atoms with E-state index in [4.69, 9.17) is 0 Å². The van der Waals surface area contributed by atoms with E-state index in [1.807, 2.05) is 54.6 Å². The number of aromatic nitrogens is 2. The fourth-order valence-electron chi connectivity index (χ4n) is 2.77. The van der Waals surface area contributed by atoms with Gasteiger partial charge in [0.2, 0.25) is 5.91 Å². The van der Waals surface area contributed by atoms with Crippen LogP contribution in [0.1, 0.15) is 23.1 Å². The molecule has 0 aliphatic heterocycles. The van der Waals surface area contributed by atoms with Gasteiger partial charge in [-0.25, -0.2) is 4.98 Å². The molecule has 156 valence electrons. The molecule has 0 unspecified atom stereocenters. The number of halogens is 2. The Hall–Kier alpha value is -2.38. The summed E-state index contributed by atoms with van der Waals surface area (Å²) in [4.78, 5) is 18.9. The number of anilines is 1. The van der Waals surface area contributed by atoms with Gasteiger partial charge < -0.3 is 20.7 Å². The fourth-order valence-corrected chi connectivity index (χ4v) is 2.77. The lowest BCUT2D eigenvalue weighted by molar-refractivity contribution is -0.115. The van der Waals surface area contributed by atoms with E-state index in [-0.39, 0.29) is 37.1 Å². The van der Waals surface area contributed by atoms with Gasteiger partial charge in [-0.3, -0.25) is 4.79 Å². The molecule has 0 aliphatic carbocycles. The average Bonchev–Trinajstić information content (AvgIpc) is 3.20. The summed E-state index contributed by atoms with van der Waals surface area (Å²) in [5, 5.41) is 16.3. The van der Waals surface area contributed by atoms with E-state index in [0.717, 1.165) is 24.2 Å². The fraction of sp³-hybridized carbons (Fsp3) is 0.238. The van der Waals surface area contributed by atoms with Gasteiger partial charge in [0.25, 0.3) is 0 Å². The molecule has 6 nitrogen and oxygen atoms in total. The summed E-state index contributed by atoms with van der Waals surface area (Å²) < 4.78 is 0. The van der Waals surface area contributed by atoms with Gasteiger partial charge in [-0.2, -0.15) is 0 Å². The Morgan fingerprint density at radius 2 is 1.79 bits per heavy atom. The van der Waals surface area contributed by atoms with E-state index in [2.05, 4.69) is 20.6 Å². The van der Waals surface area contributed by atoms with Crippen LogP contribution < -0.4 is 10.6 Å². The number of nitrogens with zero attached hydrogens (tertiary/aromatic N) is 1. The molecule has 1 aromatic heterocycles. The van der Waals surface area contributed by atoms with Crippen molar-refractivity contribution < 1.29 is 9.90 Å². The minimum absolute atomic E-state index is 0. The summed E-state index contributed by atoms with van der Waals surface area (Å²) in [5.41, 5.74) is 2.85. The van der Waals surface area contributed by atoms with Crippen molar-refractivity contribution in [3.05, 3.63) is 83.9 Å². The third-order valence-corrected chi connectivity index (χ3v) is 4.23. The van der Waals surface area contributed by atoms with E-state index in [0.29, 0.717) is 12.4 Å². The van der Waals surface area contributed by atoms with Gasteiger partial charge in [-0.05, 0) is 36.2 Å². The van der Waals surface area contributed by atoms with Crippen molar-refractivity contribution in [3.8, 4) is 0 Å². The number of imidazole rings is 1. The molecule has 3 rings (SSSR count). The number of aliphatic hydroxyl groups excluding tert-OH is 1. The predicted octanol–water partition coefficient (Wildman–Crippen LogP) is 3.30. The summed E-state index contributed by atoms with van der Waals surface area (Å²) in [7, 11) is 0. The van der Waals surface area contributed by atoms with Crippen molar-refractivity contribution in [2.24, 2.45) is 0 Å². The van der Waals surface area contributed by atoms with E-state index < -0.39 is 6.10 Å². The SMILES string of the molecule is Cl.Cl.O=C(Cc1ncc[nH]1)Nc1ccc(CCNC[C@H](O)c2ccccc2)cc1. The van der Waals surface area contributed by atoms with Crippen LogP contribution in [-0.2, 0) is 17.6 Å². The lowest BCUT2D eigenvalue weighted by atomic mass is 10.1. The number of aromatic amines is 1. The van der Waals surface area contributed by atoms with Gasteiger partial charge in [0.15, 0.2) is 0 Å². The molecule has 29 heavy (non-hydrogen) atoms. The monoisotopic (exact) mass is 436 g/mol. The van der Waals surface area contributed by atoms with Crippen molar-refractivity contribution in [1.82, 2.24) is 15.3 Å². The first-order valence-corrected chi connectivity index (χ1v) is 9.01. The molecule has 0 fully saturated rings. The Morgan fingerprint density at radius 1 is 1.07 bits per heavy atom. The molecule has 0 saturated heterocycles. The molecule has 8 heteroatoms.